The smallest absolute Gasteiger partial charge is 0.0866 e. The van der Waals surface area contributed by atoms with E-state index in [0.717, 1.165) is 37.1 Å². The van der Waals surface area contributed by atoms with Gasteiger partial charge in [-0.25, -0.2) is 0 Å². The zero-order valence-electron chi connectivity index (χ0n) is 28.5. The molecule has 236 valence electrons. The van der Waals surface area contributed by atoms with Crippen LogP contribution < -0.4 is 0 Å². The number of azo groups is 1. The van der Waals surface area contributed by atoms with E-state index in [1.807, 2.05) is 0 Å². The predicted molar refractivity (Wildman–Crippen MR) is 196 cm³/mol. The highest BCUT2D eigenvalue weighted by atomic mass is 15.1. The first-order chi connectivity index (χ1) is 22.1. The average molecular weight is 599 g/mol. The Morgan fingerprint density at radius 1 is 0.578 bits per heavy atom. The van der Waals surface area contributed by atoms with Gasteiger partial charge in [0.2, 0.25) is 0 Å². The highest BCUT2D eigenvalue weighted by Crippen LogP contribution is 2.34. The molecule has 0 atom stereocenters. The standard InChI is InChI=1S/C43H54N2/c1-6-10-12-13-14-21-27-41-35(8-3)31-39(32-43(41)37-25-19-16-20-26-37)45-44-33(5)28-34-29-38(22-11-7-2)40(9-4)42(30-34)36-23-17-15-18-24-36/h15-20,23-26,28-32H,6-14,21-22,27H2,1-5H3. The van der Waals surface area contributed by atoms with Gasteiger partial charge in [0.15, 0.2) is 0 Å². The molecule has 2 nitrogen and oxygen atoms in total. The number of allylic oxidation sites excluding steroid dienone is 1. The van der Waals surface area contributed by atoms with Crippen molar-refractivity contribution in [1.29, 1.82) is 0 Å². The Balaban J connectivity index is 1.65. The third-order valence-corrected chi connectivity index (χ3v) is 8.87. The molecule has 0 unspecified atom stereocenters. The van der Waals surface area contributed by atoms with E-state index in [-0.39, 0.29) is 0 Å². The summed E-state index contributed by atoms with van der Waals surface area (Å²) in [5, 5.41) is 9.57. The summed E-state index contributed by atoms with van der Waals surface area (Å²) >= 11 is 0. The quantitative estimate of drug-likeness (QED) is 0.0853. The summed E-state index contributed by atoms with van der Waals surface area (Å²) in [6.45, 7) is 11.2. The second-order valence-corrected chi connectivity index (χ2v) is 12.4. The topological polar surface area (TPSA) is 24.7 Å². The Hall–Kier alpha value is -3.78. The van der Waals surface area contributed by atoms with Crippen molar-refractivity contribution >= 4 is 11.8 Å². The Kier molecular flexibility index (Phi) is 13.8. The van der Waals surface area contributed by atoms with Crippen molar-refractivity contribution in [3.63, 3.8) is 0 Å². The highest BCUT2D eigenvalue weighted by molar-refractivity contribution is 5.74. The van der Waals surface area contributed by atoms with Gasteiger partial charge in [0.1, 0.15) is 0 Å². The van der Waals surface area contributed by atoms with Gasteiger partial charge in [-0.2, -0.15) is 10.2 Å². The first-order valence-corrected chi connectivity index (χ1v) is 17.6. The molecule has 0 amide bonds. The van der Waals surface area contributed by atoms with Crippen molar-refractivity contribution in [2.24, 2.45) is 10.2 Å². The van der Waals surface area contributed by atoms with Gasteiger partial charge in [-0.05, 0) is 120 Å². The Morgan fingerprint density at radius 2 is 1.20 bits per heavy atom. The van der Waals surface area contributed by atoms with E-state index in [2.05, 4.69) is 126 Å². The Labute approximate surface area is 273 Å². The summed E-state index contributed by atoms with van der Waals surface area (Å²) in [5.41, 5.74) is 14.0. The number of benzene rings is 4. The average Bonchev–Trinajstić information content (AvgIpc) is 3.08. The van der Waals surface area contributed by atoms with Gasteiger partial charge < -0.3 is 0 Å². The van der Waals surface area contributed by atoms with Gasteiger partial charge >= 0.3 is 0 Å². The minimum absolute atomic E-state index is 0.912. The van der Waals surface area contributed by atoms with Crippen LogP contribution in [0.4, 0.5) is 5.69 Å². The summed E-state index contributed by atoms with van der Waals surface area (Å²) in [6, 6.07) is 30.9. The van der Waals surface area contributed by atoms with Gasteiger partial charge in [0.05, 0.1) is 11.4 Å². The molecule has 0 N–H and O–H groups in total. The molecule has 0 aromatic heterocycles. The molecule has 0 spiro atoms. The molecule has 0 aliphatic rings. The summed E-state index contributed by atoms with van der Waals surface area (Å²) in [7, 11) is 0. The van der Waals surface area contributed by atoms with Crippen LogP contribution in [-0.4, -0.2) is 0 Å². The minimum atomic E-state index is 0.912. The molecule has 0 fully saturated rings. The molecule has 4 aromatic rings. The van der Waals surface area contributed by atoms with Gasteiger partial charge in [0.25, 0.3) is 0 Å². The van der Waals surface area contributed by atoms with Crippen LogP contribution in [0.5, 0.6) is 0 Å². The van der Waals surface area contributed by atoms with Crippen LogP contribution in [0.15, 0.2) is 101 Å². The third kappa shape index (κ3) is 9.85. The molecule has 0 heterocycles. The fraction of sp³-hybridized carbons (Fsp3) is 0.395. The molecule has 0 bridgehead atoms. The van der Waals surface area contributed by atoms with E-state index in [9.17, 15) is 0 Å². The fourth-order valence-electron chi connectivity index (χ4n) is 6.47. The van der Waals surface area contributed by atoms with Crippen molar-refractivity contribution in [3.05, 3.63) is 118 Å². The largest absolute Gasteiger partial charge is 0.155 e. The SMILES string of the molecule is CCCCCCCCc1c(CC)cc(N=NC(C)=Cc2cc(CCCC)c(CC)c(-c3ccccc3)c2)cc1-c1ccccc1. The molecule has 45 heavy (non-hydrogen) atoms. The number of aryl methyl sites for hydroxylation is 2. The van der Waals surface area contributed by atoms with Crippen LogP contribution in [0, 0.1) is 0 Å². The highest BCUT2D eigenvalue weighted by Gasteiger charge is 2.13. The van der Waals surface area contributed by atoms with Gasteiger partial charge in [-0.3, -0.25) is 0 Å². The number of nitrogens with zero attached hydrogens (tertiary/aromatic N) is 2. The monoisotopic (exact) mass is 598 g/mol. The lowest BCUT2D eigenvalue weighted by Crippen LogP contribution is -1.98. The lowest BCUT2D eigenvalue weighted by atomic mass is 9.89. The second-order valence-electron chi connectivity index (χ2n) is 12.4. The van der Waals surface area contributed by atoms with Crippen LogP contribution in [0.2, 0.25) is 0 Å². The van der Waals surface area contributed by atoms with Crippen molar-refractivity contribution in [2.45, 2.75) is 112 Å². The number of hydrogen-bond donors (Lipinski definition) is 0. The van der Waals surface area contributed by atoms with E-state index in [1.54, 1.807) is 0 Å². The molecular weight excluding hydrogens is 544 g/mol. The first kappa shape index (κ1) is 34.1. The minimum Gasteiger partial charge on any atom is -0.155 e. The van der Waals surface area contributed by atoms with Gasteiger partial charge in [-0.15, -0.1) is 0 Å². The zero-order chi connectivity index (χ0) is 31.9. The van der Waals surface area contributed by atoms with Crippen molar-refractivity contribution in [2.75, 3.05) is 0 Å². The van der Waals surface area contributed by atoms with E-state index in [1.165, 1.54) is 101 Å². The first-order valence-electron chi connectivity index (χ1n) is 17.6. The summed E-state index contributed by atoms with van der Waals surface area (Å²) in [4.78, 5) is 0. The Morgan fingerprint density at radius 3 is 1.82 bits per heavy atom. The molecule has 0 saturated heterocycles. The lowest BCUT2D eigenvalue weighted by molar-refractivity contribution is 0.607. The normalized spacial score (nSPS) is 11.9. The van der Waals surface area contributed by atoms with E-state index in [4.69, 9.17) is 10.2 Å². The van der Waals surface area contributed by atoms with Crippen LogP contribution in [0.1, 0.15) is 114 Å². The number of rotatable bonds is 17. The van der Waals surface area contributed by atoms with Crippen molar-refractivity contribution < 1.29 is 0 Å². The van der Waals surface area contributed by atoms with Crippen molar-refractivity contribution in [3.8, 4) is 22.3 Å². The molecule has 0 radical (unpaired) electrons. The fourth-order valence-corrected chi connectivity index (χ4v) is 6.47. The summed E-state index contributed by atoms with van der Waals surface area (Å²) < 4.78 is 0. The van der Waals surface area contributed by atoms with Crippen LogP contribution >= 0.6 is 0 Å². The number of hydrogen-bond acceptors (Lipinski definition) is 2. The van der Waals surface area contributed by atoms with Gasteiger partial charge in [0, 0.05) is 0 Å². The van der Waals surface area contributed by atoms with Crippen LogP contribution in [0.3, 0.4) is 0 Å². The maximum absolute atomic E-state index is 4.81. The predicted octanol–water partition coefficient (Wildman–Crippen LogP) is 13.5. The summed E-state index contributed by atoms with van der Waals surface area (Å²) in [6.07, 6.45) is 16.7. The molecular formula is C43H54N2. The molecule has 2 heteroatoms. The molecule has 4 rings (SSSR count). The van der Waals surface area contributed by atoms with Crippen LogP contribution in [-0.2, 0) is 25.7 Å². The van der Waals surface area contributed by atoms with E-state index >= 15 is 0 Å². The zero-order valence-corrected chi connectivity index (χ0v) is 28.5. The number of unbranched alkanes of at least 4 members (excludes halogenated alkanes) is 6. The van der Waals surface area contributed by atoms with Crippen LogP contribution in [0.25, 0.3) is 28.3 Å². The molecule has 0 saturated carbocycles. The van der Waals surface area contributed by atoms with Crippen molar-refractivity contribution in [1.82, 2.24) is 0 Å². The van der Waals surface area contributed by atoms with E-state index in [0.29, 0.717) is 0 Å². The van der Waals surface area contributed by atoms with Gasteiger partial charge in [-0.1, -0.05) is 133 Å². The maximum atomic E-state index is 4.81. The lowest BCUT2D eigenvalue weighted by Gasteiger charge is -2.16. The Bertz CT molecular complexity index is 1530. The second kappa shape index (κ2) is 18.3. The summed E-state index contributed by atoms with van der Waals surface area (Å²) in [5.74, 6) is 0. The molecule has 0 aliphatic carbocycles. The third-order valence-electron chi connectivity index (χ3n) is 8.87. The molecule has 4 aromatic carbocycles. The van der Waals surface area contributed by atoms with E-state index < -0.39 is 0 Å². The maximum Gasteiger partial charge on any atom is 0.0866 e. The molecule has 0 aliphatic heterocycles.